The molecule has 0 saturated heterocycles. The number of ether oxygens (including phenoxy) is 1. The average molecular weight is 402 g/mol. The van der Waals surface area contributed by atoms with Crippen molar-refractivity contribution < 1.29 is 4.74 Å². The molecule has 0 fully saturated rings. The van der Waals surface area contributed by atoms with Gasteiger partial charge in [0.1, 0.15) is 11.6 Å². The maximum atomic E-state index is 8.70. The molecule has 0 aliphatic carbocycles. The molecule has 0 aliphatic rings. The van der Waals surface area contributed by atoms with Crippen LogP contribution < -0.4 is 16.2 Å². The van der Waals surface area contributed by atoms with Gasteiger partial charge in [0, 0.05) is 28.8 Å². The molecule has 3 rings (SSSR count). The summed E-state index contributed by atoms with van der Waals surface area (Å²) in [4.78, 5) is 4.20. The van der Waals surface area contributed by atoms with Crippen LogP contribution in [0.4, 0.5) is 5.69 Å². The summed E-state index contributed by atoms with van der Waals surface area (Å²) in [5.74, 6) is 1.64. The van der Waals surface area contributed by atoms with Crippen LogP contribution in [-0.4, -0.2) is 24.5 Å². The molecular weight excluding hydrogens is 374 g/mol. The summed E-state index contributed by atoms with van der Waals surface area (Å²) in [5.41, 5.74) is 14.7. The first-order valence-electron chi connectivity index (χ1n) is 9.77. The van der Waals surface area contributed by atoms with E-state index < -0.39 is 0 Å². The van der Waals surface area contributed by atoms with Gasteiger partial charge in [-0.1, -0.05) is 32.0 Å². The third kappa shape index (κ3) is 4.66. The van der Waals surface area contributed by atoms with Crippen molar-refractivity contribution in [3.63, 3.8) is 0 Å². The first-order valence-corrected chi connectivity index (χ1v) is 9.77. The molecule has 0 aliphatic heterocycles. The van der Waals surface area contributed by atoms with Crippen LogP contribution in [0.25, 0.3) is 10.8 Å². The molecule has 6 heteroatoms. The van der Waals surface area contributed by atoms with Gasteiger partial charge in [0.2, 0.25) is 0 Å². The predicted octanol–water partition coefficient (Wildman–Crippen LogP) is 4.58. The number of fused-ring (bicyclic) bond motifs is 1. The highest BCUT2D eigenvalue weighted by Gasteiger charge is 2.13. The Labute approximate surface area is 176 Å². The van der Waals surface area contributed by atoms with Gasteiger partial charge in [0.15, 0.2) is 5.84 Å². The summed E-state index contributed by atoms with van der Waals surface area (Å²) in [6, 6.07) is 16.8. The second-order valence-corrected chi connectivity index (χ2v) is 7.65. The lowest BCUT2D eigenvalue weighted by molar-refractivity contribution is 0.415. The highest BCUT2D eigenvalue weighted by atomic mass is 16.5. The van der Waals surface area contributed by atoms with Crippen molar-refractivity contribution in [2.24, 2.45) is 16.6 Å². The number of nitrogen functional groups attached to an aromatic ring is 1. The summed E-state index contributed by atoms with van der Waals surface area (Å²) in [6.45, 7) is 4.10. The van der Waals surface area contributed by atoms with Gasteiger partial charge in [-0.2, -0.15) is 0 Å². The third-order valence-corrected chi connectivity index (χ3v) is 4.80. The van der Waals surface area contributed by atoms with Crippen molar-refractivity contribution >= 4 is 33.8 Å². The van der Waals surface area contributed by atoms with Crippen molar-refractivity contribution in [2.75, 3.05) is 12.8 Å². The fourth-order valence-corrected chi connectivity index (χ4v) is 3.25. The molecule has 0 amide bonds. The Balaban J connectivity index is 1.93. The molecule has 6 N–H and O–H groups in total. The van der Waals surface area contributed by atoms with Crippen molar-refractivity contribution in [1.29, 1.82) is 10.8 Å². The zero-order valence-electron chi connectivity index (χ0n) is 17.5. The van der Waals surface area contributed by atoms with E-state index in [4.69, 9.17) is 27.0 Å². The molecule has 0 bridgehead atoms. The van der Waals surface area contributed by atoms with Crippen LogP contribution in [0.5, 0.6) is 5.75 Å². The maximum absolute atomic E-state index is 8.70. The second kappa shape index (κ2) is 8.78. The smallest absolute Gasteiger partial charge is 0.153 e. The van der Waals surface area contributed by atoms with E-state index >= 15 is 0 Å². The first kappa shape index (κ1) is 21.0. The Morgan fingerprint density at radius 1 is 0.967 bits per heavy atom. The molecule has 0 radical (unpaired) electrons. The van der Waals surface area contributed by atoms with E-state index in [2.05, 4.69) is 4.99 Å². The lowest BCUT2D eigenvalue weighted by atomic mass is 9.96. The number of nitrogens with two attached hydrogens (primary N) is 2. The monoisotopic (exact) mass is 401 g/mol. The van der Waals surface area contributed by atoms with E-state index in [1.165, 1.54) is 0 Å². The minimum atomic E-state index is 0.0628. The normalized spacial score (nSPS) is 11.7. The number of hydrogen-bond donors (Lipinski definition) is 4. The quantitative estimate of drug-likeness (QED) is 0.275. The number of methoxy groups -OCH3 is 1. The lowest BCUT2D eigenvalue weighted by Crippen LogP contribution is -2.17. The van der Waals surface area contributed by atoms with Crippen LogP contribution in [-0.2, 0) is 0 Å². The van der Waals surface area contributed by atoms with Gasteiger partial charge in [-0.3, -0.25) is 10.8 Å². The second-order valence-electron chi connectivity index (χ2n) is 7.65. The van der Waals surface area contributed by atoms with Crippen molar-refractivity contribution in [2.45, 2.75) is 20.3 Å². The highest BCUT2D eigenvalue weighted by molar-refractivity contribution is 6.16. The molecule has 0 saturated carbocycles. The molecule has 3 aromatic rings. The molecular formula is C24H27N5O. The molecule has 30 heavy (non-hydrogen) atoms. The molecule has 0 heterocycles. The van der Waals surface area contributed by atoms with Crippen molar-refractivity contribution in [3.05, 3.63) is 71.3 Å². The van der Waals surface area contributed by atoms with E-state index in [9.17, 15) is 0 Å². The summed E-state index contributed by atoms with van der Waals surface area (Å²) in [7, 11) is 1.64. The zero-order chi connectivity index (χ0) is 21.8. The Morgan fingerprint density at radius 2 is 1.63 bits per heavy atom. The van der Waals surface area contributed by atoms with E-state index in [0.29, 0.717) is 40.7 Å². The fourth-order valence-electron chi connectivity index (χ4n) is 3.25. The minimum Gasteiger partial charge on any atom is -0.497 e. The number of hydrogen-bond acceptors (Lipinski definition) is 4. The van der Waals surface area contributed by atoms with Gasteiger partial charge < -0.3 is 16.2 Å². The minimum absolute atomic E-state index is 0.0628. The molecule has 0 spiro atoms. The van der Waals surface area contributed by atoms with E-state index in [0.717, 1.165) is 22.1 Å². The summed E-state index contributed by atoms with van der Waals surface area (Å²) in [5, 5.41) is 19.0. The lowest BCUT2D eigenvalue weighted by Gasteiger charge is -2.12. The first-order chi connectivity index (χ1) is 14.3. The highest BCUT2D eigenvalue weighted by Crippen LogP contribution is 2.25. The molecule has 3 aromatic carbocycles. The van der Waals surface area contributed by atoms with Gasteiger partial charge in [-0.15, -0.1) is 0 Å². The number of nitrogens with one attached hydrogen (secondary N) is 2. The van der Waals surface area contributed by atoms with Crippen LogP contribution in [0, 0.1) is 16.7 Å². The van der Waals surface area contributed by atoms with Crippen LogP contribution in [0.3, 0.4) is 0 Å². The Hall–Kier alpha value is -3.67. The number of rotatable bonds is 6. The van der Waals surface area contributed by atoms with E-state index in [1.54, 1.807) is 25.3 Å². The molecule has 6 nitrogen and oxygen atoms in total. The van der Waals surface area contributed by atoms with Gasteiger partial charge in [-0.05, 0) is 53.1 Å². The van der Waals surface area contributed by atoms with Crippen LogP contribution in [0.1, 0.15) is 37.0 Å². The molecule has 0 atom stereocenters. The number of amidine groups is 2. The Kier molecular flexibility index (Phi) is 6.16. The number of nitrogens with zero attached hydrogens (tertiary/aromatic N) is 1. The predicted molar refractivity (Wildman–Crippen MR) is 125 cm³/mol. The van der Waals surface area contributed by atoms with Gasteiger partial charge in [0.05, 0.1) is 12.8 Å². The number of anilines is 1. The van der Waals surface area contributed by atoms with Gasteiger partial charge in [0.25, 0.3) is 0 Å². The van der Waals surface area contributed by atoms with E-state index in [1.807, 2.05) is 50.2 Å². The molecule has 0 aromatic heterocycles. The molecule has 0 unspecified atom stereocenters. The summed E-state index contributed by atoms with van der Waals surface area (Å²) < 4.78 is 5.27. The Bertz CT molecular complexity index is 1150. The maximum Gasteiger partial charge on any atom is 0.153 e. The van der Waals surface area contributed by atoms with Crippen LogP contribution >= 0.6 is 0 Å². The SMILES string of the molecule is COc1ccc2cc(C(=N)c3cc(C(=N)N=C(N)CC(C)C)ccc3N)ccc2c1. The van der Waals surface area contributed by atoms with Gasteiger partial charge in [-0.25, -0.2) is 4.99 Å². The number of benzene rings is 3. The van der Waals surface area contributed by atoms with Crippen molar-refractivity contribution in [3.8, 4) is 5.75 Å². The summed E-state index contributed by atoms with van der Waals surface area (Å²) >= 11 is 0. The van der Waals surface area contributed by atoms with Crippen molar-refractivity contribution in [1.82, 2.24) is 0 Å². The molecule has 154 valence electrons. The van der Waals surface area contributed by atoms with Crippen LogP contribution in [0.15, 0.2) is 59.6 Å². The van der Waals surface area contributed by atoms with E-state index in [-0.39, 0.29) is 5.84 Å². The summed E-state index contributed by atoms with van der Waals surface area (Å²) in [6.07, 6.45) is 0.627. The zero-order valence-corrected chi connectivity index (χ0v) is 17.5. The average Bonchev–Trinajstić information content (AvgIpc) is 2.72. The largest absolute Gasteiger partial charge is 0.497 e. The van der Waals surface area contributed by atoms with Gasteiger partial charge >= 0.3 is 0 Å². The third-order valence-electron chi connectivity index (χ3n) is 4.80. The van der Waals surface area contributed by atoms with Crippen LogP contribution in [0.2, 0.25) is 0 Å². The Morgan fingerprint density at radius 3 is 2.33 bits per heavy atom. The number of aliphatic imine (C=N–C) groups is 1. The fraction of sp³-hybridized carbons (Fsp3) is 0.208. The standard InChI is InChI=1S/C24H27N5O/c1-14(2)10-22(26)29-24(28)18-7-9-21(25)20(13-18)23(27)17-5-4-16-12-19(30-3)8-6-15(16)11-17/h4-9,11-14,27H,10,25H2,1-3H3,(H3,26,28,29). The topological polar surface area (TPSA) is 121 Å².